The highest BCUT2D eigenvalue weighted by molar-refractivity contribution is 6.99. The van der Waals surface area contributed by atoms with Gasteiger partial charge in [-0.2, -0.15) is 4.37 Å². The second-order valence-electron chi connectivity index (χ2n) is 4.36. The summed E-state index contributed by atoms with van der Waals surface area (Å²) in [6.45, 7) is 3.55. The molecule has 1 saturated carbocycles. The minimum atomic E-state index is -0.530. The third kappa shape index (κ3) is 4.16. The van der Waals surface area contributed by atoms with Gasteiger partial charge in [0.25, 0.3) is 0 Å². The maximum absolute atomic E-state index is 9.72. The van der Waals surface area contributed by atoms with E-state index >= 15 is 0 Å². The van der Waals surface area contributed by atoms with Gasteiger partial charge in [0.2, 0.25) is 5.88 Å². The van der Waals surface area contributed by atoms with E-state index in [2.05, 4.69) is 14.1 Å². The van der Waals surface area contributed by atoms with Crippen molar-refractivity contribution in [2.75, 3.05) is 19.8 Å². The molecule has 0 saturated heterocycles. The molecule has 1 aliphatic rings. The third-order valence-corrected chi connectivity index (χ3v) is 3.37. The van der Waals surface area contributed by atoms with E-state index < -0.39 is 6.10 Å². The lowest BCUT2D eigenvalue weighted by atomic mass is 9.89. The minimum Gasteiger partial charge on any atom is -0.473 e. The van der Waals surface area contributed by atoms with Gasteiger partial charge in [-0.25, -0.2) is 0 Å². The molecular formula is C11H19N3O3S. The number of rotatable bonds is 8. The topological polar surface area (TPSA) is 76.5 Å². The fourth-order valence-corrected chi connectivity index (χ4v) is 2.23. The highest BCUT2D eigenvalue weighted by Crippen LogP contribution is 2.22. The van der Waals surface area contributed by atoms with Crippen LogP contribution in [0, 0.1) is 0 Å². The van der Waals surface area contributed by atoms with Gasteiger partial charge in [-0.3, -0.25) is 0 Å². The van der Waals surface area contributed by atoms with Crippen LogP contribution in [-0.4, -0.2) is 51.9 Å². The number of ether oxygens (including phenoxy) is 2. The van der Waals surface area contributed by atoms with Crippen LogP contribution in [0.1, 0.15) is 19.8 Å². The van der Waals surface area contributed by atoms with E-state index in [-0.39, 0.29) is 6.61 Å². The van der Waals surface area contributed by atoms with Crippen LogP contribution in [0.2, 0.25) is 0 Å². The summed E-state index contributed by atoms with van der Waals surface area (Å²) in [7, 11) is 0. The third-order valence-electron chi connectivity index (χ3n) is 2.90. The Balaban J connectivity index is 1.52. The molecule has 1 aliphatic carbocycles. The zero-order valence-corrected chi connectivity index (χ0v) is 11.2. The van der Waals surface area contributed by atoms with E-state index in [1.165, 1.54) is 0 Å². The minimum absolute atomic E-state index is 0.236. The Bertz CT molecular complexity index is 330. The van der Waals surface area contributed by atoms with E-state index in [1.807, 2.05) is 6.92 Å². The molecule has 0 aromatic carbocycles. The monoisotopic (exact) mass is 273 g/mol. The maximum atomic E-state index is 9.72. The van der Waals surface area contributed by atoms with Gasteiger partial charge in [-0.15, -0.1) is 4.37 Å². The Kier molecular flexibility index (Phi) is 5.30. The van der Waals surface area contributed by atoms with Crippen LogP contribution in [0.3, 0.4) is 0 Å². The van der Waals surface area contributed by atoms with Gasteiger partial charge in [0, 0.05) is 19.2 Å². The van der Waals surface area contributed by atoms with Gasteiger partial charge in [0.05, 0.1) is 17.8 Å². The van der Waals surface area contributed by atoms with Crippen molar-refractivity contribution in [2.24, 2.45) is 0 Å². The van der Waals surface area contributed by atoms with Crippen LogP contribution in [-0.2, 0) is 4.74 Å². The molecule has 0 bridgehead atoms. The molecule has 0 radical (unpaired) electrons. The summed E-state index contributed by atoms with van der Waals surface area (Å²) in [6.07, 6.45) is 3.46. The van der Waals surface area contributed by atoms with Crippen LogP contribution in [0.15, 0.2) is 6.20 Å². The SMILES string of the molecule is CCOC1CC(NCC(O)COc2cnsn2)C1. The summed E-state index contributed by atoms with van der Waals surface area (Å²) in [4.78, 5) is 0. The van der Waals surface area contributed by atoms with Gasteiger partial charge in [-0.1, -0.05) is 0 Å². The molecule has 1 unspecified atom stereocenters. The molecule has 1 aromatic rings. The van der Waals surface area contributed by atoms with E-state index in [4.69, 9.17) is 9.47 Å². The van der Waals surface area contributed by atoms with Gasteiger partial charge < -0.3 is 19.9 Å². The molecule has 1 atom stereocenters. The highest BCUT2D eigenvalue weighted by Gasteiger charge is 2.29. The molecular weight excluding hydrogens is 254 g/mol. The molecule has 1 fully saturated rings. The molecule has 102 valence electrons. The first kappa shape index (κ1) is 13.7. The van der Waals surface area contributed by atoms with Crippen LogP contribution < -0.4 is 10.1 Å². The molecule has 0 amide bonds. The predicted octanol–water partition coefficient (Wildman–Crippen LogP) is 0.435. The molecule has 0 aliphatic heterocycles. The molecule has 18 heavy (non-hydrogen) atoms. The van der Waals surface area contributed by atoms with Crippen molar-refractivity contribution >= 4 is 11.7 Å². The summed E-state index contributed by atoms with van der Waals surface area (Å²) in [5.74, 6) is 0.471. The van der Waals surface area contributed by atoms with Crippen molar-refractivity contribution in [1.82, 2.24) is 14.1 Å². The second-order valence-corrected chi connectivity index (χ2v) is 4.92. The summed E-state index contributed by atoms with van der Waals surface area (Å²) in [5, 5.41) is 13.0. The maximum Gasteiger partial charge on any atom is 0.245 e. The Labute approximate surface area is 111 Å². The van der Waals surface area contributed by atoms with E-state index in [9.17, 15) is 5.11 Å². The fourth-order valence-electron chi connectivity index (χ4n) is 1.87. The second kappa shape index (κ2) is 6.98. The standard InChI is InChI=1S/C11H19N3O3S/c1-2-16-10-3-8(4-10)12-5-9(15)7-17-11-6-13-18-14-11/h6,8-10,12,15H,2-5,7H2,1H3. The number of nitrogens with zero attached hydrogens (tertiary/aromatic N) is 2. The van der Waals surface area contributed by atoms with Gasteiger partial charge >= 0.3 is 0 Å². The lowest BCUT2D eigenvalue weighted by Gasteiger charge is -2.36. The molecule has 1 heterocycles. The molecule has 2 N–H and O–H groups in total. The van der Waals surface area contributed by atoms with Crippen LogP contribution >= 0.6 is 11.7 Å². The van der Waals surface area contributed by atoms with Gasteiger partial charge in [-0.05, 0) is 19.8 Å². The van der Waals surface area contributed by atoms with E-state index in [0.29, 0.717) is 24.6 Å². The molecule has 6 nitrogen and oxygen atoms in total. The van der Waals surface area contributed by atoms with Crippen molar-refractivity contribution in [1.29, 1.82) is 0 Å². The first-order valence-corrected chi connectivity index (χ1v) is 6.94. The molecule has 1 aromatic heterocycles. The summed E-state index contributed by atoms with van der Waals surface area (Å²) >= 11 is 1.09. The quantitative estimate of drug-likeness (QED) is 0.715. The predicted molar refractivity (Wildman–Crippen MR) is 67.8 cm³/mol. The average molecular weight is 273 g/mol. The number of aliphatic hydroxyl groups excluding tert-OH is 1. The summed E-state index contributed by atoms with van der Waals surface area (Å²) in [6, 6.07) is 0.456. The number of nitrogens with one attached hydrogen (secondary N) is 1. The number of hydrogen-bond acceptors (Lipinski definition) is 7. The van der Waals surface area contributed by atoms with Gasteiger partial charge in [0.1, 0.15) is 18.9 Å². The van der Waals surface area contributed by atoms with Crippen LogP contribution in [0.5, 0.6) is 5.88 Å². The highest BCUT2D eigenvalue weighted by atomic mass is 32.1. The Morgan fingerprint density at radius 2 is 2.44 bits per heavy atom. The van der Waals surface area contributed by atoms with Crippen molar-refractivity contribution in [2.45, 2.75) is 38.0 Å². The van der Waals surface area contributed by atoms with Crippen molar-refractivity contribution in [3.05, 3.63) is 6.20 Å². The molecule has 7 heteroatoms. The Morgan fingerprint density at radius 1 is 1.61 bits per heavy atom. The molecule has 0 spiro atoms. The first-order valence-electron chi connectivity index (χ1n) is 6.21. The Hall–Kier alpha value is -0.760. The number of aromatic nitrogens is 2. The zero-order valence-electron chi connectivity index (χ0n) is 10.4. The largest absolute Gasteiger partial charge is 0.473 e. The number of aliphatic hydroxyl groups is 1. The fraction of sp³-hybridized carbons (Fsp3) is 0.818. The van der Waals surface area contributed by atoms with E-state index in [1.54, 1.807) is 6.20 Å². The summed E-state index contributed by atoms with van der Waals surface area (Å²) < 4.78 is 18.5. The molecule has 2 rings (SSSR count). The van der Waals surface area contributed by atoms with Crippen LogP contribution in [0.4, 0.5) is 0 Å². The van der Waals surface area contributed by atoms with E-state index in [0.717, 1.165) is 31.2 Å². The lowest BCUT2D eigenvalue weighted by Crippen LogP contribution is -2.48. The number of hydrogen-bond donors (Lipinski definition) is 2. The normalized spacial score (nSPS) is 24.6. The zero-order chi connectivity index (χ0) is 12.8. The van der Waals surface area contributed by atoms with Crippen molar-refractivity contribution < 1.29 is 14.6 Å². The Morgan fingerprint density at radius 3 is 3.11 bits per heavy atom. The average Bonchev–Trinajstić information content (AvgIpc) is 2.82. The first-order chi connectivity index (χ1) is 8.78. The van der Waals surface area contributed by atoms with Crippen molar-refractivity contribution in [3.8, 4) is 5.88 Å². The van der Waals surface area contributed by atoms with Gasteiger partial charge in [0.15, 0.2) is 0 Å². The van der Waals surface area contributed by atoms with Crippen molar-refractivity contribution in [3.63, 3.8) is 0 Å². The smallest absolute Gasteiger partial charge is 0.245 e. The lowest BCUT2D eigenvalue weighted by molar-refractivity contribution is -0.0134. The summed E-state index contributed by atoms with van der Waals surface area (Å²) in [5.41, 5.74) is 0. The van der Waals surface area contributed by atoms with Crippen LogP contribution in [0.25, 0.3) is 0 Å².